The lowest BCUT2D eigenvalue weighted by atomic mass is 10.1. The van der Waals surface area contributed by atoms with Gasteiger partial charge in [-0.05, 0) is 38.5 Å². The average molecular weight is 319 g/mol. The molecule has 0 amide bonds. The molecule has 6 heteroatoms. The van der Waals surface area contributed by atoms with E-state index in [-0.39, 0.29) is 0 Å². The number of allylic oxidation sites excluding steroid dienone is 1. The highest BCUT2D eigenvalue weighted by Gasteiger charge is 2.10. The second-order valence-corrected chi connectivity index (χ2v) is 6.04. The van der Waals surface area contributed by atoms with Crippen LogP contribution in [0.25, 0.3) is 16.6 Å². The van der Waals surface area contributed by atoms with Crippen molar-refractivity contribution >= 4 is 34.4 Å². The van der Waals surface area contributed by atoms with Crippen molar-refractivity contribution in [3.05, 3.63) is 41.3 Å². The van der Waals surface area contributed by atoms with E-state index in [9.17, 15) is 5.11 Å². The fourth-order valence-electron chi connectivity index (χ4n) is 1.91. The average Bonchev–Trinajstić information content (AvgIpc) is 2.45. The molecule has 22 heavy (non-hydrogen) atoms. The fourth-order valence-corrected chi connectivity index (χ4v) is 2.06. The monoisotopic (exact) mass is 318 g/mol. The molecule has 0 aromatic carbocycles. The van der Waals surface area contributed by atoms with Gasteiger partial charge >= 0.3 is 0 Å². The van der Waals surface area contributed by atoms with Crippen LogP contribution in [0.2, 0.25) is 5.15 Å². The number of aliphatic hydroxyl groups is 1. The molecule has 3 N–H and O–H groups in total. The van der Waals surface area contributed by atoms with E-state index >= 15 is 0 Å². The summed E-state index contributed by atoms with van der Waals surface area (Å²) in [7, 11) is 0. The van der Waals surface area contributed by atoms with Gasteiger partial charge in [-0.25, -0.2) is 4.98 Å². The summed E-state index contributed by atoms with van der Waals surface area (Å²) in [6.45, 7) is 4.14. The first-order valence-electron chi connectivity index (χ1n) is 6.98. The van der Waals surface area contributed by atoms with Crippen molar-refractivity contribution in [3.63, 3.8) is 0 Å². The van der Waals surface area contributed by atoms with Crippen LogP contribution in [0.5, 0.6) is 0 Å². The maximum atomic E-state index is 9.67. The quantitative estimate of drug-likeness (QED) is 0.434. The highest BCUT2D eigenvalue weighted by molar-refractivity contribution is 6.29. The molecule has 0 aliphatic carbocycles. The minimum Gasteiger partial charge on any atom is -0.390 e. The van der Waals surface area contributed by atoms with Gasteiger partial charge in [0.1, 0.15) is 5.15 Å². The van der Waals surface area contributed by atoms with Gasteiger partial charge in [-0.1, -0.05) is 11.6 Å². The van der Waals surface area contributed by atoms with E-state index in [0.717, 1.165) is 11.1 Å². The number of halogens is 1. The number of pyridine rings is 2. The van der Waals surface area contributed by atoms with Crippen LogP contribution in [0.15, 0.2) is 30.6 Å². The Kier molecular flexibility index (Phi) is 5.11. The Morgan fingerprint density at radius 3 is 2.86 bits per heavy atom. The zero-order chi connectivity index (χ0) is 16.2. The largest absolute Gasteiger partial charge is 0.390 e. The van der Waals surface area contributed by atoms with Crippen molar-refractivity contribution in [1.29, 1.82) is 5.41 Å². The van der Waals surface area contributed by atoms with Gasteiger partial charge in [-0.3, -0.25) is 4.98 Å². The topological polar surface area (TPSA) is 81.9 Å². The van der Waals surface area contributed by atoms with Gasteiger partial charge in [0.25, 0.3) is 0 Å². The Morgan fingerprint density at radius 2 is 2.18 bits per heavy atom. The molecule has 2 aromatic rings. The molecular formula is C16H19ClN4O. The predicted molar refractivity (Wildman–Crippen MR) is 90.2 cm³/mol. The summed E-state index contributed by atoms with van der Waals surface area (Å²) < 4.78 is 0. The Labute approximate surface area is 134 Å². The molecule has 0 spiro atoms. The van der Waals surface area contributed by atoms with Crippen molar-refractivity contribution in [1.82, 2.24) is 15.3 Å². The van der Waals surface area contributed by atoms with E-state index in [4.69, 9.17) is 17.0 Å². The van der Waals surface area contributed by atoms with Gasteiger partial charge in [0.15, 0.2) is 0 Å². The molecule has 0 radical (unpaired) electrons. The molecule has 0 saturated heterocycles. The second kappa shape index (κ2) is 6.85. The number of hydrogen-bond acceptors (Lipinski definition) is 5. The number of hydrogen-bond donors (Lipinski definition) is 3. The van der Waals surface area contributed by atoms with Crippen LogP contribution in [0, 0.1) is 5.41 Å². The van der Waals surface area contributed by atoms with Crippen LogP contribution >= 0.6 is 11.6 Å². The highest BCUT2D eigenvalue weighted by Crippen LogP contribution is 2.18. The molecule has 0 fully saturated rings. The van der Waals surface area contributed by atoms with E-state index < -0.39 is 5.60 Å². The number of nitrogens with zero attached hydrogens (tertiary/aromatic N) is 2. The van der Waals surface area contributed by atoms with Crippen molar-refractivity contribution in [3.8, 4) is 0 Å². The first-order chi connectivity index (χ1) is 10.4. The summed E-state index contributed by atoms with van der Waals surface area (Å²) in [6.07, 6.45) is 5.31. The van der Waals surface area contributed by atoms with Crippen molar-refractivity contribution < 1.29 is 5.11 Å². The number of nitrogens with one attached hydrogen (secondary N) is 2. The minimum absolute atomic E-state index is 0.412. The molecule has 0 atom stereocenters. The molecular weight excluding hydrogens is 300 g/mol. The molecule has 0 unspecified atom stereocenters. The van der Waals surface area contributed by atoms with Crippen LogP contribution in [-0.2, 0) is 0 Å². The fraction of sp³-hybridized carbons (Fsp3) is 0.312. The normalized spacial score (nSPS) is 12.5. The lowest BCUT2D eigenvalue weighted by molar-refractivity contribution is 0.0722. The van der Waals surface area contributed by atoms with Crippen LogP contribution in [0.3, 0.4) is 0 Å². The van der Waals surface area contributed by atoms with Crippen molar-refractivity contribution in [2.24, 2.45) is 0 Å². The number of fused-ring (bicyclic) bond motifs is 1. The molecule has 2 heterocycles. The number of rotatable bonds is 6. The highest BCUT2D eigenvalue weighted by atomic mass is 35.5. The van der Waals surface area contributed by atoms with Gasteiger partial charge < -0.3 is 15.8 Å². The van der Waals surface area contributed by atoms with E-state index in [2.05, 4.69) is 15.3 Å². The standard InChI is InChI=1S/C16H19ClN4O/c1-16(2,22)5-6-19-9-12(8-18)11-7-14-13(20-10-11)3-4-15(17)21-14/h3-4,7-10,18-19,22H,5-6H2,1-2H3/b12-9+,18-8?. The van der Waals surface area contributed by atoms with Crippen LogP contribution in [0.1, 0.15) is 25.8 Å². The summed E-state index contributed by atoms with van der Waals surface area (Å²) >= 11 is 5.90. The van der Waals surface area contributed by atoms with Crippen molar-refractivity contribution in [2.45, 2.75) is 25.9 Å². The predicted octanol–water partition coefficient (Wildman–Crippen LogP) is 3.02. The van der Waals surface area contributed by atoms with Gasteiger partial charge in [-0.2, -0.15) is 0 Å². The molecule has 2 aromatic heterocycles. The number of aromatic nitrogens is 2. The molecule has 5 nitrogen and oxygen atoms in total. The minimum atomic E-state index is -0.711. The van der Waals surface area contributed by atoms with Crippen LogP contribution in [0.4, 0.5) is 0 Å². The molecule has 2 rings (SSSR count). The van der Waals surface area contributed by atoms with Crippen molar-refractivity contribution in [2.75, 3.05) is 6.54 Å². The summed E-state index contributed by atoms with van der Waals surface area (Å²) in [6, 6.07) is 5.36. The molecule has 0 aliphatic rings. The van der Waals surface area contributed by atoms with Crippen LogP contribution in [-0.4, -0.2) is 33.4 Å². The molecule has 0 bridgehead atoms. The Morgan fingerprint density at radius 1 is 1.41 bits per heavy atom. The maximum absolute atomic E-state index is 9.67. The van der Waals surface area contributed by atoms with E-state index in [1.165, 1.54) is 6.21 Å². The Hall–Kier alpha value is -1.98. The second-order valence-electron chi connectivity index (χ2n) is 5.66. The van der Waals surface area contributed by atoms with E-state index in [1.54, 1.807) is 32.3 Å². The first-order valence-corrected chi connectivity index (χ1v) is 7.36. The zero-order valence-electron chi connectivity index (χ0n) is 12.6. The van der Waals surface area contributed by atoms with Gasteiger partial charge in [-0.15, -0.1) is 0 Å². The Bertz CT molecular complexity index is 707. The third-order valence-corrected chi connectivity index (χ3v) is 3.34. The molecule has 0 aliphatic heterocycles. The summed E-state index contributed by atoms with van der Waals surface area (Å²) in [4.78, 5) is 8.55. The third-order valence-electron chi connectivity index (χ3n) is 3.13. The zero-order valence-corrected chi connectivity index (χ0v) is 13.4. The summed E-state index contributed by atoms with van der Waals surface area (Å²) in [5, 5.41) is 20.7. The maximum Gasteiger partial charge on any atom is 0.129 e. The smallest absolute Gasteiger partial charge is 0.129 e. The Balaban J connectivity index is 2.18. The molecule has 0 saturated carbocycles. The third kappa shape index (κ3) is 4.51. The lowest BCUT2D eigenvalue weighted by Gasteiger charge is -2.16. The van der Waals surface area contributed by atoms with Gasteiger partial charge in [0, 0.05) is 36.3 Å². The van der Waals surface area contributed by atoms with Gasteiger partial charge in [0.2, 0.25) is 0 Å². The first kappa shape index (κ1) is 16.4. The van der Waals surface area contributed by atoms with Gasteiger partial charge in [0.05, 0.1) is 16.6 Å². The van der Waals surface area contributed by atoms with Crippen LogP contribution < -0.4 is 5.32 Å². The van der Waals surface area contributed by atoms with E-state index in [1.807, 2.05) is 12.1 Å². The summed E-state index contributed by atoms with van der Waals surface area (Å²) in [5.74, 6) is 0. The lowest BCUT2D eigenvalue weighted by Crippen LogP contribution is -2.24. The van der Waals surface area contributed by atoms with E-state index in [0.29, 0.717) is 29.2 Å². The summed E-state index contributed by atoms with van der Waals surface area (Å²) in [5.41, 5.74) is 2.21. The SMILES string of the molecule is CC(C)(O)CCN/C=C(\C=N)c1cnc2ccc(Cl)nc2c1. The molecule has 116 valence electrons.